The zero-order valence-electron chi connectivity index (χ0n) is 6.39. The maximum Gasteiger partial charge on any atom is 0.00468 e. The molecule has 0 heterocycles. The molecule has 0 N–H and O–H groups in total. The van der Waals surface area contributed by atoms with Gasteiger partial charge in [-0.3, -0.25) is 0 Å². The lowest BCUT2D eigenvalue weighted by molar-refractivity contribution is 1.28. The van der Waals surface area contributed by atoms with Crippen LogP contribution in [0, 0.1) is 6.92 Å². The Bertz CT molecular complexity index is 324. The lowest BCUT2D eigenvalue weighted by atomic mass is 10.1. The molecule has 0 aliphatic heterocycles. The minimum Gasteiger partial charge on any atom is -0.0590 e. The van der Waals surface area contributed by atoms with Gasteiger partial charge in [-0.25, -0.2) is 0 Å². The minimum atomic E-state index is 1.07. The molecule has 0 amide bonds. The summed E-state index contributed by atoms with van der Waals surface area (Å²) in [7, 11) is 0. The SMILES string of the molecule is Cc1ccc2c(c1)C=C(Br)C2. The van der Waals surface area contributed by atoms with Crippen LogP contribution in [-0.4, -0.2) is 0 Å². The quantitative estimate of drug-likeness (QED) is 0.615. The van der Waals surface area contributed by atoms with Gasteiger partial charge in [-0.15, -0.1) is 0 Å². The van der Waals surface area contributed by atoms with Gasteiger partial charge in [-0.2, -0.15) is 0 Å². The molecule has 0 unspecified atom stereocenters. The van der Waals surface area contributed by atoms with Gasteiger partial charge >= 0.3 is 0 Å². The van der Waals surface area contributed by atoms with Gasteiger partial charge in [0.2, 0.25) is 0 Å². The van der Waals surface area contributed by atoms with Crippen molar-refractivity contribution in [3.8, 4) is 0 Å². The average molecular weight is 209 g/mol. The summed E-state index contributed by atoms with van der Waals surface area (Å²) in [6, 6.07) is 6.59. The first-order chi connectivity index (χ1) is 5.25. The van der Waals surface area contributed by atoms with E-state index >= 15 is 0 Å². The van der Waals surface area contributed by atoms with Crippen LogP contribution in [0.25, 0.3) is 6.08 Å². The molecule has 56 valence electrons. The molecule has 11 heavy (non-hydrogen) atoms. The Kier molecular flexibility index (Phi) is 1.61. The van der Waals surface area contributed by atoms with Gasteiger partial charge in [0.05, 0.1) is 0 Å². The summed E-state index contributed by atoms with van der Waals surface area (Å²) in [6.07, 6.45) is 3.26. The molecule has 1 heteroatoms. The van der Waals surface area contributed by atoms with Gasteiger partial charge in [0.25, 0.3) is 0 Å². The fourth-order valence-corrected chi connectivity index (χ4v) is 1.96. The second kappa shape index (κ2) is 2.49. The number of aryl methyl sites for hydroxylation is 1. The van der Waals surface area contributed by atoms with E-state index in [4.69, 9.17) is 0 Å². The van der Waals surface area contributed by atoms with E-state index in [1.807, 2.05) is 0 Å². The summed E-state index contributed by atoms with van der Waals surface area (Å²) in [5, 5.41) is 0. The molecule has 0 nitrogen and oxygen atoms in total. The van der Waals surface area contributed by atoms with Crippen molar-refractivity contribution < 1.29 is 0 Å². The molecule has 0 fully saturated rings. The van der Waals surface area contributed by atoms with Crippen LogP contribution in [-0.2, 0) is 6.42 Å². The van der Waals surface area contributed by atoms with E-state index in [-0.39, 0.29) is 0 Å². The van der Waals surface area contributed by atoms with Crippen LogP contribution in [0.1, 0.15) is 16.7 Å². The van der Waals surface area contributed by atoms with E-state index in [0.29, 0.717) is 0 Å². The smallest absolute Gasteiger partial charge is 0.00468 e. The van der Waals surface area contributed by atoms with Crippen LogP contribution in [0.5, 0.6) is 0 Å². The fraction of sp³-hybridized carbons (Fsp3) is 0.200. The van der Waals surface area contributed by atoms with Gasteiger partial charge in [0.1, 0.15) is 0 Å². The van der Waals surface area contributed by atoms with E-state index in [1.165, 1.54) is 21.2 Å². The number of rotatable bonds is 0. The van der Waals surface area contributed by atoms with E-state index < -0.39 is 0 Å². The molecule has 0 bridgehead atoms. The van der Waals surface area contributed by atoms with Crippen molar-refractivity contribution >= 4 is 22.0 Å². The number of allylic oxidation sites excluding steroid dienone is 1. The highest BCUT2D eigenvalue weighted by Crippen LogP contribution is 2.28. The number of benzene rings is 1. The van der Waals surface area contributed by atoms with Gasteiger partial charge in [0, 0.05) is 10.9 Å². The Morgan fingerprint density at radius 1 is 1.36 bits per heavy atom. The highest BCUT2D eigenvalue weighted by molar-refractivity contribution is 9.11. The number of halogens is 1. The van der Waals surface area contributed by atoms with Gasteiger partial charge in [0.15, 0.2) is 0 Å². The molecule has 1 aromatic carbocycles. The van der Waals surface area contributed by atoms with Crippen molar-refractivity contribution in [3.63, 3.8) is 0 Å². The van der Waals surface area contributed by atoms with Crippen molar-refractivity contribution in [1.82, 2.24) is 0 Å². The summed E-state index contributed by atoms with van der Waals surface area (Å²) in [5.74, 6) is 0. The first kappa shape index (κ1) is 7.11. The molecule has 1 aromatic rings. The number of hydrogen-bond acceptors (Lipinski definition) is 0. The molecule has 0 saturated heterocycles. The molecule has 1 aliphatic rings. The second-order valence-corrected chi connectivity index (χ2v) is 3.99. The summed E-state index contributed by atoms with van der Waals surface area (Å²) >= 11 is 3.50. The fourth-order valence-electron chi connectivity index (χ4n) is 1.41. The van der Waals surface area contributed by atoms with Crippen molar-refractivity contribution in [2.24, 2.45) is 0 Å². The zero-order valence-corrected chi connectivity index (χ0v) is 7.98. The Balaban J connectivity index is 2.54. The van der Waals surface area contributed by atoms with Gasteiger partial charge in [-0.1, -0.05) is 39.7 Å². The molecule has 2 rings (SSSR count). The lowest BCUT2D eigenvalue weighted by Crippen LogP contribution is -1.81. The Morgan fingerprint density at radius 2 is 2.18 bits per heavy atom. The number of hydrogen-bond donors (Lipinski definition) is 0. The van der Waals surface area contributed by atoms with Gasteiger partial charge in [-0.05, 0) is 24.1 Å². The van der Waals surface area contributed by atoms with Crippen molar-refractivity contribution in [2.45, 2.75) is 13.3 Å². The monoisotopic (exact) mass is 208 g/mol. The molecule has 0 radical (unpaired) electrons. The summed E-state index contributed by atoms with van der Waals surface area (Å²) in [6.45, 7) is 2.13. The van der Waals surface area contributed by atoms with Crippen LogP contribution in [0.4, 0.5) is 0 Å². The van der Waals surface area contributed by atoms with Gasteiger partial charge < -0.3 is 0 Å². The normalized spacial score (nSPS) is 14.5. The zero-order chi connectivity index (χ0) is 7.84. The van der Waals surface area contributed by atoms with Crippen LogP contribution >= 0.6 is 15.9 Å². The molecule has 0 atom stereocenters. The van der Waals surface area contributed by atoms with Crippen molar-refractivity contribution in [2.75, 3.05) is 0 Å². The average Bonchev–Trinajstić information content (AvgIpc) is 2.27. The summed E-state index contributed by atoms with van der Waals surface area (Å²) in [4.78, 5) is 0. The predicted molar refractivity (Wildman–Crippen MR) is 51.8 cm³/mol. The molecular formula is C10H9Br. The van der Waals surface area contributed by atoms with E-state index in [2.05, 4.69) is 47.1 Å². The van der Waals surface area contributed by atoms with E-state index in [9.17, 15) is 0 Å². The first-order valence-corrected chi connectivity index (χ1v) is 4.50. The molecule has 1 aliphatic carbocycles. The third-order valence-electron chi connectivity index (χ3n) is 1.97. The van der Waals surface area contributed by atoms with E-state index in [0.717, 1.165) is 6.42 Å². The summed E-state index contributed by atoms with van der Waals surface area (Å²) < 4.78 is 1.29. The van der Waals surface area contributed by atoms with Crippen LogP contribution < -0.4 is 0 Å². The van der Waals surface area contributed by atoms with Crippen LogP contribution in [0.3, 0.4) is 0 Å². The maximum atomic E-state index is 3.50. The first-order valence-electron chi connectivity index (χ1n) is 3.71. The Labute approximate surface area is 75.1 Å². The highest BCUT2D eigenvalue weighted by atomic mass is 79.9. The third kappa shape index (κ3) is 1.25. The molecule has 0 aromatic heterocycles. The third-order valence-corrected chi connectivity index (χ3v) is 2.48. The second-order valence-electron chi connectivity index (χ2n) is 2.97. The Morgan fingerprint density at radius 3 is 3.00 bits per heavy atom. The molecule has 0 spiro atoms. The largest absolute Gasteiger partial charge is 0.0590 e. The maximum absolute atomic E-state index is 3.50. The molecule has 0 saturated carbocycles. The lowest BCUT2D eigenvalue weighted by Gasteiger charge is -1.97. The van der Waals surface area contributed by atoms with Crippen molar-refractivity contribution in [3.05, 3.63) is 39.4 Å². The Hall–Kier alpha value is -0.560. The topological polar surface area (TPSA) is 0 Å². The van der Waals surface area contributed by atoms with Crippen LogP contribution in [0.2, 0.25) is 0 Å². The molecular weight excluding hydrogens is 200 g/mol. The summed E-state index contributed by atoms with van der Waals surface area (Å²) in [5.41, 5.74) is 4.14. The van der Waals surface area contributed by atoms with Crippen molar-refractivity contribution in [1.29, 1.82) is 0 Å². The number of fused-ring (bicyclic) bond motifs is 1. The predicted octanol–water partition coefficient (Wildman–Crippen LogP) is 3.29. The van der Waals surface area contributed by atoms with E-state index in [1.54, 1.807) is 0 Å². The standard InChI is InChI=1S/C10H9Br/c1-7-2-3-8-5-10(11)6-9(8)4-7/h2-4,6H,5H2,1H3. The van der Waals surface area contributed by atoms with Crippen LogP contribution in [0.15, 0.2) is 22.7 Å². The minimum absolute atomic E-state index is 1.07. The highest BCUT2D eigenvalue weighted by Gasteiger charge is 2.09.